The van der Waals surface area contributed by atoms with E-state index in [0.717, 1.165) is 42.7 Å². The van der Waals surface area contributed by atoms with Gasteiger partial charge in [-0.2, -0.15) is 0 Å². The third-order valence-electron chi connectivity index (χ3n) is 4.34. The second-order valence-corrected chi connectivity index (χ2v) is 6.24. The first-order valence-electron chi connectivity index (χ1n) is 7.12. The lowest BCUT2D eigenvalue weighted by Crippen LogP contribution is -2.42. The van der Waals surface area contributed by atoms with Crippen LogP contribution in [-0.4, -0.2) is 43.9 Å². The minimum Gasteiger partial charge on any atom is -0.371 e. The van der Waals surface area contributed by atoms with Crippen LogP contribution in [0, 0.1) is 6.92 Å². The molecular formula is C16H23ClN2O. The third kappa shape index (κ3) is 3.15. The zero-order valence-electron chi connectivity index (χ0n) is 12.7. The van der Waals surface area contributed by atoms with Crippen molar-refractivity contribution >= 4 is 23.1 Å². The van der Waals surface area contributed by atoms with Crippen molar-refractivity contribution in [3.8, 4) is 0 Å². The highest BCUT2D eigenvalue weighted by Gasteiger charge is 2.23. The van der Waals surface area contributed by atoms with Crippen molar-refractivity contribution in [2.45, 2.75) is 32.7 Å². The topological polar surface area (TPSA) is 23.6 Å². The largest absolute Gasteiger partial charge is 0.371 e. The molecule has 2 rings (SSSR count). The van der Waals surface area contributed by atoms with E-state index in [9.17, 15) is 4.79 Å². The Bertz CT molecular complexity index is 507. The maximum atomic E-state index is 11.7. The molecule has 110 valence electrons. The normalized spacial score (nSPS) is 17.2. The molecule has 0 atom stereocenters. The number of anilines is 1. The molecule has 1 heterocycles. The van der Waals surface area contributed by atoms with Gasteiger partial charge in [0.05, 0.1) is 0 Å². The maximum absolute atomic E-state index is 11.7. The lowest BCUT2D eigenvalue weighted by atomic mass is 9.99. The molecule has 1 aliphatic heterocycles. The Kier molecular flexibility index (Phi) is 4.71. The molecule has 0 unspecified atom stereocenters. The molecule has 4 heteroatoms. The van der Waals surface area contributed by atoms with Gasteiger partial charge in [-0.1, -0.05) is 11.6 Å². The van der Waals surface area contributed by atoms with Gasteiger partial charge in [-0.05, 0) is 64.5 Å². The van der Waals surface area contributed by atoms with Gasteiger partial charge in [0, 0.05) is 29.4 Å². The molecule has 0 amide bonds. The van der Waals surface area contributed by atoms with Gasteiger partial charge in [-0.3, -0.25) is 4.79 Å². The zero-order chi connectivity index (χ0) is 14.9. The highest BCUT2D eigenvalue weighted by molar-refractivity contribution is 6.31. The fourth-order valence-electron chi connectivity index (χ4n) is 2.98. The SMILES string of the molecule is CC(=O)c1cc(Cl)cc(N(C)C2CCN(C)CC2)c1C. The molecule has 0 N–H and O–H groups in total. The number of benzene rings is 1. The number of carbonyl (C=O) groups excluding carboxylic acids is 1. The van der Waals surface area contributed by atoms with Crippen molar-refractivity contribution in [1.29, 1.82) is 0 Å². The molecule has 3 nitrogen and oxygen atoms in total. The van der Waals surface area contributed by atoms with Crippen molar-refractivity contribution < 1.29 is 4.79 Å². The number of halogens is 1. The summed E-state index contributed by atoms with van der Waals surface area (Å²) in [4.78, 5) is 16.4. The summed E-state index contributed by atoms with van der Waals surface area (Å²) < 4.78 is 0. The predicted molar refractivity (Wildman–Crippen MR) is 85.1 cm³/mol. The van der Waals surface area contributed by atoms with Gasteiger partial charge in [0.15, 0.2) is 5.78 Å². The first-order chi connectivity index (χ1) is 9.40. The van der Waals surface area contributed by atoms with E-state index in [-0.39, 0.29) is 5.78 Å². The number of piperidine rings is 1. The second-order valence-electron chi connectivity index (χ2n) is 5.80. The number of Topliss-reactive ketones (excluding diaryl/α,β-unsaturated/α-hetero) is 1. The molecule has 1 aliphatic rings. The van der Waals surface area contributed by atoms with Crippen molar-refractivity contribution in [3.05, 3.63) is 28.3 Å². The summed E-state index contributed by atoms with van der Waals surface area (Å²) in [7, 11) is 4.27. The summed E-state index contributed by atoms with van der Waals surface area (Å²) in [6.45, 7) is 5.84. The van der Waals surface area contributed by atoms with E-state index in [1.165, 1.54) is 0 Å². The standard InChI is InChI=1S/C16H23ClN2O/c1-11-15(12(2)20)9-13(17)10-16(11)19(4)14-5-7-18(3)8-6-14/h9-10,14H,5-8H2,1-4H3. The molecule has 0 aliphatic carbocycles. The summed E-state index contributed by atoms with van der Waals surface area (Å²) in [5.74, 6) is 0.0722. The van der Waals surface area contributed by atoms with E-state index < -0.39 is 0 Å². The molecule has 0 spiro atoms. The van der Waals surface area contributed by atoms with E-state index in [0.29, 0.717) is 11.1 Å². The van der Waals surface area contributed by atoms with Crippen LogP contribution >= 0.6 is 11.6 Å². The van der Waals surface area contributed by atoms with Gasteiger partial charge in [0.1, 0.15) is 0 Å². The highest BCUT2D eigenvalue weighted by Crippen LogP contribution is 2.30. The van der Waals surface area contributed by atoms with Crippen LogP contribution in [0.15, 0.2) is 12.1 Å². The smallest absolute Gasteiger partial charge is 0.160 e. The van der Waals surface area contributed by atoms with Crippen molar-refractivity contribution in [2.24, 2.45) is 0 Å². The van der Waals surface area contributed by atoms with Crippen LogP contribution in [0.2, 0.25) is 5.02 Å². The average Bonchev–Trinajstić information content (AvgIpc) is 2.41. The number of hydrogen-bond donors (Lipinski definition) is 0. The van der Waals surface area contributed by atoms with Crippen LogP contribution in [0.3, 0.4) is 0 Å². The summed E-state index contributed by atoms with van der Waals surface area (Å²) in [5, 5.41) is 0.635. The minimum atomic E-state index is 0.0722. The van der Waals surface area contributed by atoms with Gasteiger partial charge in [-0.15, -0.1) is 0 Å². The van der Waals surface area contributed by atoms with Crippen LogP contribution in [-0.2, 0) is 0 Å². The van der Waals surface area contributed by atoms with Crippen molar-refractivity contribution in [3.63, 3.8) is 0 Å². The fourth-order valence-corrected chi connectivity index (χ4v) is 3.19. The molecule has 1 aromatic rings. The first kappa shape index (κ1) is 15.3. The first-order valence-corrected chi connectivity index (χ1v) is 7.50. The van der Waals surface area contributed by atoms with Crippen LogP contribution in [0.25, 0.3) is 0 Å². The minimum absolute atomic E-state index is 0.0722. The fraction of sp³-hybridized carbons (Fsp3) is 0.562. The van der Waals surface area contributed by atoms with Crippen LogP contribution in [0.5, 0.6) is 0 Å². The monoisotopic (exact) mass is 294 g/mol. The van der Waals surface area contributed by atoms with Crippen molar-refractivity contribution in [2.75, 3.05) is 32.1 Å². The van der Waals surface area contributed by atoms with Gasteiger partial charge < -0.3 is 9.80 Å². The predicted octanol–water partition coefficient (Wildman–Crippen LogP) is 3.38. The van der Waals surface area contributed by atoms with E-state index in [4.69, 9.17) is 11.6 Å². The Hall–Kier alpha value is -1.06. The number of nitrogens with zero attached hydrogens (tertiary/aromatic N) is 2. The van der Waals surface area contributed by atoms with Crippen LogP contribution < -0.4 is 4.90 Å². The Morgan fingerprint density at radius 2 is 1.95 bits per heavy atom. The molecule has 1 aromatic carbocycles. The quantitative estimate of drug-likeness (QED) is 0.799. The number of likely N-dealkylation sites (tertiary alicyclic amines) is 1. The van der Waals surface area contributed by atoms with E-state index >= 15 is 0 Å². The van der Waals surface area contributed by atoms with E-state index in [2.05, 4.69) is 23.9 Å². The molecule has 0 bridgehead atoms. The Labute approximate surface area is 126 Å². The maximum Gasteiger partial charge on any atom is 0.160 e. The Morgan fingerprint density at radius 1 is 1.35 bits per heavy atom. The average molecular weight is 295 g/mol. The highest BCUT2D eigenvalue weighted by atomic mass is 35.5. The third-order valence-corrected chi connectivity index (χ3v) is 4.56. The number of carbonyl (C=O) groups is 1. The van der Waals surface area contributed by atoms with Gasteiger partial charge in [0.25, 0.3) is 0 Å². The van der Waals surface area contributed by atoms with Gasteiger partial charge >= 0.3 is 0 Å². The Morgan fingerprint density at radius 3 is 2.50 bits per heavy atom. The van der Waals surface area contributed by atoms with Gasteiger partial charge in [-0.25, -0.2) is 0 Å². The molecule has 20 heavy (non-hydrogen) atoms. The molecular weight excluding hydrogens is 272 g/mol. The number of rotatable bonds is 3. The lowest BCUT2D eigenvalue weighted by Gasteiger charge is -2.37. The van der Waals surface area contributed by atoms with E-state index in [1.807, 2.05) is 13.0 Å². The lowest BCUT2D eigenvalue weighted by molar-refractivity contribution is 0.101. The van der Waals surface area contributed by atoms with Crippen molar-refractivity contribution in [1.82, 2.24) is 4.90 Å². The van der Waals surface area contributed by atoms with Crippen LogP contribution in [0.1, 0.15) is 35.7 Å². The molecule has 1 fully saturated rings. The summed E-state index contributed by atoms with van der Waals surface area (Å²) in [5.41, 5.74) is 2.84. The number of ketones is 1. The second kappa shape index (κ2) is 6.15. The van der Waals surface area contributed by atoms with Crippen LogP contribution in [0.4, 0.5) is 5.69 Å². The van der Waals surface area contributed by atoms with Gasteiger partial charge in [0.2, 0.25) is 0 Å². The summed E-state index contributed by atoms with van der Waals surface area (Å²) in [6.07, 6.45) is 2.29. The number of hydrogen-bond acceptors (Lipinski definition) is 3. The summed E-state index contributed by atoms with van der Waals surface area (Å²) in [6, 6.07) is 4.26. The Balaban J connectivity index is 2.29. The molecule has 0 saturated carbocycles. The summed E-state index contributed by atoms with van der Waals surface area (Å²) >= 11 is 6.19. The van der Waals surface area contributed by atoms with E-state index in [1.54, 1.807) is 13.0 Å². The zero-order valence-corrected chi connectivity index (χ0v) is 13.5. The molecule has 1 saturated heterocycles. The molecule has 0 radical (unpaired) electrons. The molecule has 0 aromatic heterocycles.